The third kappa shape index (κ3) is 1.29. The third-order valence-electron chi connectivity index (χ3n) is 1.79. The van der Waals surface area contributed by atoms with Crippen molar-refractivity contribution >= 4 is 34.1 Å². The van der Waals surface area contributed by atoms with Gasteiger partial charge in [0, 0.05) is 24.0 Å². The molecule has 0 aromatic carbocycles. The molecule has 0 bridgehead atoms. The molecule has 2 rings (SSSR count). The standard InChI is InChI=1S/C9H3Cl2N3/c10-7-4-13-3-6-8(11)5(1-12)2-14-9(6)7/h2-4H. The minimum Gasteiger partial charge on any atom is -0.262 e. The molecule has 0 aliphatic rings. The Morgan fingerprint density at radius 2 is 2.00 bits per heavy atom. The van der Waals surface area contributed by atoms with E-state index in [4.69, 9.17) is 28.5 Å². The number of fused-ring (bicyclic) bond motifs is 1. The Bertz CT molecular complexity index is 545. The minimum absolute atomic E-state index is 0.322. The van der Waals surface area contributed by atoms with Gasteiger partial charge in [0.05, 0.1) is 21.1 Å². The van der Waals surface area contributed by atoms with Gasteiger partial charge in [-0.1, -0.05) is 23.2 Å². The van der Waals surface area contributed by atoms with Crippen LogP contribution in [-0.4, -0.2) is 9.97 Å². The van der Waals surface area contributed by atoms with E-state index in [1.54, 1.807) is 0 Å². The molecule has 0 saturated carbocycles. The normalized spacial score (nSPS) is 10.1. The van der Waals surface area contributed by atoms with E-state index in [0.29, 0.717) is 26.5 Å². The van der Waals surface area contributed by atoms with Crippen molar-refractivity contribution in [2.75, 3.05) is 0 Å². The van der Waals surface area contributed by atoms with Crippen LogP contribution in [0.15, 0.2) is 18.6 Å². The maximum Gasteiger partial charge on any atom is 0.102 e. The van der Waals surface area contributed by atoms with Gasteiger partial charge in [-0.2, -0.15) is 5.26 Å². The Labute approximate surface area is 89.9 Å². The Kier molecular flexibility index (Phi) is 2.24. The fraction of sp³-hybridized carbons (Fsp3) is 0. The highest BCUT2D eigenvalue weighted by Gasteiger charge is 2.08. The van der Waals surface area contributed by atoms with Crippen LogP contribution in [0.1, 0.15) is 5.56 Å². The van der Waals surface area contributed by atoms with Crippen molar-refractivity contribution in [3.63, 3.8) is 0 Å². The lowest BCUT2D eigenvalue weighted by Gasteiger charge is -2.01. The molecule has 0 atom stereocenters. The molecule has 68 valence electrons. The van der Waals surface area contributed by atoms with Crippen molar-refractivity contribution in [3.8, 4) is 6.07 Å². The predicted octanol–water partition coefficient (Wildman–Crippen LogP) is 2.81. The van der Waals surface area contributed by atoms with Crippen LogP contribution in [0.3, 0.4) is 0 Å². The lowest BCUT2D eigenvalue weighted by molar-refractivity contribution is 1.31. The largest absolute Gasteiger partial charge is 0.262 e. The first-order valence-electron chi connectivity index (χ1n) is 3.72. The van der Waals surface area contributed by atoms with Crippen LogP contribution in [0.25, 0.3) is 10.9 Å². The number of halogens is 2. The average molecular weight is 224 g/mol. The van der Waals surface area contributed by atoms with E-state index in [1.807, 2.05) is 6.07 Å². The topological polar surface area (TPSA) is 49.6 Å². The number of rotatable bonds is 0. The summed E-state index contributed by atoms with van der Waals surface area (Å²) in [5.74, 6) is 0. The predicted molar refractivity (Wildman–Crippen MR) is 54.3 cm³/mol. The van der Waals surface area contributed by atoms with Crippen molar-refractivity contribution in [3.05, 3.63) is 34.2 Å². The van der Waals surface area contributed by atoms with Crippen LogP contribution in [0.4, 0.5) is 0 Å². The highest BCUT2D eigenvalue weighted by Crippen LogP contribution is 2.28. The molecule has 0 N–H and O–H groups in total. The molecule has 2 heterocycles. The van der Waals surface area contributed by atoms with E-state index in [9.17, 15) is 0 Å². The van der Waals surface area contributed by atoms with Crippen molar-refractivity contribution < 1.29 is 0 Å². The fourth-order valence-corrected chi connectivity index (χ4v) is 1.57. The molecular weight excluding hydrogens is 221 g/mol. The zero-order chi connectivity index (χ0) is 10.1. The molecule has 0 aliphatic carbocycles. The minimum atomic E-state index is 0.322. The number of hydrogen-bond acceptors (Lipinski definition) is 3. The molecule has 0 spiro atoms. The maximum absolute atomic E-state index is 8.72. The van der Waals surface area contributed by atoms with Gasteiger partial charge in [-0.15, -0.1) is 0 Å². The van der Waals surface area contributed by atoms with E-state index < -0.39 is 0 Å². The summed E-state index contributed by atoms with van der Waals surface area (Å²) in [6, 6.07) is 1.94. The number of nitrogens with zero attached hydrogens (tertiary/aromatic N) is 3. The van der Waals surface area contributed by atoms with Crippen LogP contribution in [0, 0.1) is 11.3 Å². The molecule has 0 radical (unpaired) electrons. The van der Waals surface area contributed by atoms with Gasteiger partial charge in [0.25, 0.3) is 0 Å². The van der Waals surface area contributed by atoms with Gasteiger partial charge in [-0.05, 0) is 0 Å². The number of aromatic nitrogens is 2. The van der Waals surface area contributed by atoms with Gasteiger partial charge in [0.2, 0.25) is 0 Å². The summed E-state index contributed by atoms with van der Waals surface area (Å²) in [5.41, 5.74) is 0.883. The van der Waals surface area contributed by atoms with Crippen LogP contribution in [0.5, 0.6) is 0 Å². The zero-order valence-electron chi connectivity index (χ0n) is 6.83. The van der Waals surface area contributed by atoms with Gasteiger partial charge in [0.15, 0.2) is 0 Å². The van der Waals surface area contributed by atoms with Crippen molar-refractivity contribution in [1.82, 2.24) is 9.97 Å². The molecule has 0 aliphatic heterocycles. The van der Waals surface area contributed by atoms with Gasteiger partial charge < -0.3 is 0 Å². The molecule has 0 unspecified atom stereocenters. The number of hydrogen-bond donors (Lipinski definition) is 0. The third-order valence-corrected chi connectivity index (χ3v) is 2.47. The lowest BCUT2D eigenvalue weighted by Crippen LogP contribution is -1.87. The van der Waals surface area contributed by atoms with Crippen molar-refractivity contribution in [1.29, 1.82) is 5.26 Å². The van der Waals surface area contributed by atoms with Crippen LogP contribution >= 0.6 is 23.2 Å². The van der Waals surface area contributed by atoms with Crippen LogP contribution in [0.2, 0.25) is 10.0 Å². The summed E-state index contributed by atoms with van der Waals surface area (Å²) >= 11 is 11.8. The van der Waals surface area contributed by atoms with E-state index in [-0.39, 0.29) is 0 Å². The van der Waals surface area contributed by atoms with Crippen molar-refractivity contribution in [2.45, 2.75) is 0 Å². The zero-order valence-corrected chi connectivity index (χ0v) is 8.34. The first kappa shape index (κ1) is 9.20. The average Bonchev–Trinajstić information content (AvgIpc) is 2.20. The summed E-state index contributed by atoms with van der Waals surface area (Å²) in [5, 5.41) is 10.1. The lowest BCUT2D eigenvalue weighted by atomic mass is 10.2. The Balaban J connectivity index is 2.92. The first-order valence-corrected chi connectivity index (χ1v) is 4.47. The molecule has 14 heavy (non-hydrogen) atoms. The second kappa shape index (κ2) is 3.41. The second-order valence-corrected chi connectivity index (χ2v) is 3.40. The molecular formula is C9H3Cl2N3. The van der Waals surface area contributed by atoms with E-state index in [2.05, 4.69) is 9.97 Å². The Morgan fingerprint density at radius 1 is 1.21 bits per heavy atom. The van der Waals surface area contributed by atoms with Crippen LogP contribution in [-0.2, 0) is 0 Å². The molecule has 0 fully saturated rings. The summed E-state index contributed by atoms with van der Waals surface area (Å²) in [6.45, 7) is 0. The summed E-state index contributed by atoms with van der Waals surface area (Å²) in [7, 11) is 0. The summed E-state index contributed by atoms with van der Waals surface area (Å²) in [6.07, 6.45) is 4.42. The molecule has 3 nitrogen and oxygen atoms in total. The summed E-state index contributed by atoms with van der Waals surface area (Å²) in [4.78, 5) is 7.92. The van der Waals surface area contributed by atoms with E-state index >= 15 is 0 Å². The molecule has 2 aromatic rings. The second-order valence-electron chi connectivity index (χ2n) is 2.62. The number of pyridine rings is 2. The molecule has 0 amide bonds. The highest BCUT2D eigenvalue weighted by molar-refractivity contribution is 6.39. The monoisotopic (exact) mass is 223 g/mol. The van der Waals surface area contributed by atoms with Gasteiger partial charge in [-0.25, -0.2) is 0 Å². The smallest absolute Gasteiger partial charge is 0.102 e. The SMILES string of the molecule is N#Cc1cnc2c(Cl)cncc2c1Cl. The van der Waals surface area contributed by atoms with Crippen molar-refractivity contribution in [2.24, 2.45) is 0 Å². The molecule has 0 saturated heterocycles. The van der Waals surface area contributed by atoms with E-state index in [1.165, 1.54) is 18.6 Å². The Hall–Kier alpha value is -1.37. The maximum atomic E-state index is 8.72. The molecule has 2 aromatic heterocycles. The van der Waals surface area contributed by atoms with Gasteiger partial charge >= 0.3 is 0 Å². The van der Waals surface area contributed by atoms with Gasteiger partial charge in [-0.3, -0.25) is 9.97 Å². The van der Waals surface area contributed by atoms with Crippen LogP contribution < -0.4 is 0 Å². The quantitative estimate of drug-likeness (QED) is 0.691. The fourth-order valence-electron chi connectivity index (χ4n) is 1.13. The summed E-state index contributed by atoms with van der Waals surface area (Å²) < 4.78 is 0. The van der Waals surface area contributed by atoms with Gasteiger partial charge in [0.1, 0.15) is 6.07 Å². The Morgan fingerprint density at radius 3 is 2.71 bits per heavy atom. The first-order chi connectivity index (χ1) is 6.74. The molecule has 5 heteroatoms. The van der Waals surface area contributed by atoms with E-state index in [0.717, 1.165) is 0 Å². The number of nitriles is 1. The highest BCUT2D eigenvalue weighted by atomic mass is 35.5.